The first-order valence-corrected chi connectivity index (χ1v) is 6.34. The van der Waals surface area contributed by atoms with E-state index >= 15 is 0 Å². The molecule has 3 rings (SSSR count). The Balaban J connectivity index is 1.81. The molecule has 0 unspecified atom stereocenters. The van der Waals surface area contributed by atoms with Gasteiger partial charge in [0.1, 0.15) is 0 Å². The van der Waals surface area contributed by atoms with E-state index in [0.717, 1.165) is 31.2 Å². The monoisotopic (exact) mass is 243 g/mol. The molecule has 0 radical (unpaired) electrons. The first-order valence-electron chi connectivity index (χ1n) is 6.34. The molecule has 1 N–H and O–H groups in total. The number of anilines is 2. The van der Waals surface area contributed by atoms with Gasteiger partial charge in [-0.15, -0.1) is 0 Å². The number of ether oxygens (including phenoxy) is 1. The minimum Gasteiger partial charge on any atom is -0.372 e. The van der Waals surface area contributed by atoms with E-state index in [9.17, 15) is 0 Å². The number of nitrogens with one attached hydrogen (secondary N) is 1. The van der Waals surface area contributed by atoms with E-state index in [0.29, 0.717) is 6.61 Å². The zero-order chi connectivity index (χ0) is 12.4. The predicted molar refractivity (Wildman–Crippen MR) is 70.7 cm³/mol. The lowest BCUT2D eigenvalue weighted by Gasteiger charge is -2.09. The van der Waals surface area contributed by atoms with E-state index in [1.165, 1.54) is 11.1 Å². The summed E-state index contributed by atoms with van der Waals surface area (Å²) < 4.78 is 7.55. The van der Waals surface area contributed by atoms with Crippen molar-refractivity contribution >= 4 is 11.6 Å². The lowest BCUT2D eigenvalue weighted by atomic mass is 10.1. The molecule has 0 fully saturated rings. The third kappa shape index (κ3) is 2.11. The minimum absolute atomic E-state index is 0.717. The molecule has 0 spiro atoms. The molecule has 0 atom stereocenters. The van der Waals surface area contributed by atoms with Gasteiger partial charge in [-0.25, -0.2) is 4.98 Å². The summed E-state index contributed by atoms with van der Waals surface area (Å²) in [4.78, 5) is 4.34. The zero-order valence-electron chi connectivity index (χ0n) is 10.5. The van der Waals surface area contributed by atoms with Crippen LogP contribution in [0.5, 0.6) is 0 Å². The van der Waals surface area contributed by atoms with Crippen LogP contribution in [-0.4, -0.2) is 9.55 Å². The van der Waals surface area contributed by atoms with Crippen LogP contribution in [0.3, 0.4) is 0 Å². The molecule has 4 heteroatoms. The van der Waals surface area contributed by atoms with Gasteiger partial charge in [0.2, 0.25) is 5.95 Å². The number of hydrogen-bond donors (Lipinski definition) is 1. The number of hydrogen-bond acceptors (Lipinski definition) is 3. The van der Waals surface area contributed by atoms with E-state index in [-0.39, 0.29) is 0 Å². The smallest absolute Gasteiger partial charge is 0.207 e. The highest BCUT2D eigenvalue weighted by Gasteiger charge is 2.11. The molecule has 0 amide bonds. The van der Waals surface area contributed by atoms with E-state index in [1.807, 2.05) is 12.4 Å². The van der Waals surface area contributed by atoms with Crippen LogP contribution in [0.1, 0.15) is 24.5 Å². The topological polar surface area (TPSA) is 39.1 Å². The van der Waals surface area contributed by atoms with E-state index in [2.05, 4.69) is 40.0 Å². The van der Waals surface area contributed by atoms with Crippen molar-refractivity contribution in [3.05, 3.63) is 41.7 Å². The predicted octanol–water partition coefficient (Wildman–Crippen LogP) is 3.07. The maximum absolute atomic E-state index is 5.42. The number of nitrogens with zero attached hydrogens (tertiary/aromatic N) is 2. The third-order valence-corrected chi connectivity index (χ3v) is 3.16. The Morgan fingerprint density at radius 3 is 3.11 bits per heavy atom. The number of rotatable bonds is 4. The second-order valence-electron chi connectivity index (χ2n) is 4.55. The summed E-state index contributed by atoms with van der Waals surface area (Å²) in [6, 6.07) is 6.35. The molecule has 2 heterocycles. The van der Waals surface area contributed by atoms with Crippen LogP contribution >= 0.6 is 0 Å². The number of benzene rings is 1. The molecule has 4 nitrogen and oxygen atoms in total. The van der Waals surface area contributed by atoms with Crippen LogP contribution in [0.25, 0.3) is 0 Å². The molecule has 1 aromatic carbocycles. The Bertz CT molecular complexity index is 548. The Hall–Kier alpha value is -1.81. The van der Waals surface area contributed by atoms with Gasteiger partial charge in [0.05, 0.1) is 13.2 Å². The largest absolute Gasteiger partial charge is 0.372 e. The van der Waals surface area contributed by atoms with Crippen LogP contribution in [-0.2, 0) is 24.5 Å². The quantitative estimate of drug-likeness (QED) is 0.897. The summed E-state index contributed by atoms with van der Waals surface area (Å²) in [5.74, 6) is 0.899. The molecule has 2 aromatic rings. The van der Waals surface area contributed by atoms with Gasteiger partial charge in [-0.1, -0.05) is 13.0 Å². The van der Waals surface area contributed by atoms with Crippen LogP contribution in [0, 0.1) is 0 Å². The lowest BCUT2D eigenvalue weighted by molar-refractivity contribution is 0.134. The Morgan fingerprint density at radius 1 is 1.33 bits per heavy atom. The maximum atomic E-state index is 5.42. The highest BCUT2D eigenvalue weighted by Crippen LogP contribution is 2.24. The van der Waals surface area contributed by atoms with Gasteiger partial charge in [-0.05, 0) is 29.7 Å². The average molecular weight is 243 g/mol. The molecule has 0 bridgehead atoms. The molecule has 1 aliphatic heterocycles. The molecule has 0 aliphatic carbocycles. The van der Waals surface area contributed by atoms with Gasteiger partial charge in [0.15, 0.2) is 0 Å². The first-order chi connectivity index (χ1) is 8.86. The van der Waals surface area contributed by atoms with Gasteiger partial charge in [-0.3, -0.25) is 0 Å². The fourth-order valence-corrected chi connectivity index (χ4v) is 2.23. The van der Waals surface area contributed by atoms with E-state index in [4.69, 9.17) is 4.74 Å². The highest BCUT2D eigenvalue weighted by molar-refractivity contribution is 5.56. The summed E-state index contributed by atoms with van der Waals surface area (Å²) in [5.41, 5.74) is 3.63. The SMILES string of the molecule is CCCn1ccnc1Nc1ccc2c(c1)COC2. The normalized spacial score (nSPS) is 13.6. The Kier molecular flexibility index (Phi) is 3.02. The van der Waals surface area contributed by atoms with Crippen molar-refractivity contribution in [1.82, 2.24) is 9.55 Å². The highest BCUT2D eigenvalue weighted by atomic mass is 16.5. The summed E-state index contributed by atoms with van der Waals surface area (Å²) in [6.45, 7) is 4.60. The molecule has 1 aromatic heterocycles. The average Bonchev–Trinajstić information content (AvgIpc) is 2.99. The van der Waals surface area contributed by atoms with Gasteiger partial charge in [-0.2, -0.15) is 0 Å². The van der Waals surface area contributed by atoms with Crippen molar-refractivity contribution in [2.24, 2.45) is 0 Å². The van der Waals surface area contributed by atoms with Gasteiger partial charge < -0.3 is 14.6 Å². The van der Waals surface area contributed by atoms with Gasteiger partial charge >= 0.3 is 0 Å². The summed E-state index contributed by atoms with van der Waals surface area (Å²) in [5, 5.41) is 3.36. The van der Waals surface area contributed by atoms with Crippen LogP contribution in [0.15, 0.2) is 30.6 Å². The number of imidazole rings is 1. The lowest BCUT2D eigenvalue weighted by Crippen LogP contribution is -2.03. The fourth-order valence-electron chi connectivity index (χ4n) is 2.23. The first kappa shape index (κ1) is 11.3. The van der Waals surface area contributed by atoms with Crippen molar-refractivity contribution < 1.29 is 4.74 Å². The molecule has 0 saturated heterocycles. The standard InChI is InChI=1S/C14H17N3O/c1-2-6-17-7-5-15-14(17)16-13-4-3-11-9-18-10-12(11)8-13/h3-5,7-8H,2,6,9-10H2,1H3,(H,15,16). The summed E-state index contributed by atoms with van der Waals surface area (Å²) in [7, 11) is 0. The van der Waals surface area contributed by atoms with Crippen molar-refractivity contribution in [3.8, 4) is 0 Å². The van der Waals surface area contributed by atoms with Crippen LogP contribution < -0.4 is 5.32 Å². The van der Waals surface area contributed by atoms with Crippen molar-refractivity contribution in [3.63, 3.8) is 0 Å². The van der Waals surface area contributed by atoms with Crippen LogP contribution in [0.2, 0.25) is 0 Å². The minimum atomic E-state index is 0.717. The van der Waals surface area contributed by atoms with Gasteiger partial charge in [0, 0.05) is 24.6 Å². The third-order valence-electron chi connectivity index (χ3n) is 3.16. The Labute approximate surface area is 107 Å². The number of fused-ring (bicyclic) bond motifs is 1. The van der Waals surface area contributed by atoms with Crippen molar-refractivity contribution in [1.29, 1.82) is 0 Å². The zero-order valence-corrected chi connectivity index (χ0v) is 10.5. The summed E-state index contributed by atoms with van der Waals surface area (Å²) in [6.07, 6.45) is 4.93. The van der Waals surface area contributed by atoms with E-state index < -0.39 is 0 Å². The number of aromatic nitrogens is 2. The second-order valence-corrected chi connectivity index (χ2v) is 4.55. The maximum Gasteiger partial charge on any atom is 0.207 e. The molecule has 0 saturated carbocycles. The molecule has 1 aliphatic rings. The van der Waals surface area contributed by atoms with Gasteiger partial charge in [0.25, 0.3) is 0 Å². The van der Waals surface area contributed by atoms with Crippen molar-refractivity contribution in [2.75, 3.05) is 5.32 Å². The molecule has 94 valence electrons. The summed E-state index contributed by atoms with van der Waals surface area (Å²) >= 11 is 0. The molecular formula is C14H17N3O. The Morgan fingerprint density at radius 2 is 2.22 bits per heavy atom. The number of aryl methyl sites for hydroxylation is 1. The molecule has 18 heavy (non-hydrogen) atoms. The molecular weight excluding hydrogens is 226 g/mol. The second kappa shape index (κ2) is 4.82. The van der Waals surface area contributed by atoms with Crippen molar-refractivity contribution in [2.45, 2.75) is 33.1 Å². The van der Waals surface area contributed by atoms with E-state index in [1.54, 1.807) is 0 Å². The fraction of sp³-hybridized carbons (Fsp3) is 0.357. The van der Waals surface area contributed by atoms with Crippen LogP contribution in [0.4, 0.5) is 11.6 Å².